The lowest BCUT2D eigenvalue weighted by atomic mass is 10.1. The van der Waals surface area contributed by atoms with Crippen LogP contribution in [0.4, 0.5) is 10.1 Å². The Morgan fingerprint density at radius 1 is 1.32 bits per heavy atom. The van der Waals surface area contributed by atoms with E-state index in [1.807, 2.05) is 0 Å². The Kier molecular flexibility index (Phi) is 3.95. The number of hydrogen-bond acceptors (Lipinski definition) is 6. The van der Waals surface area contributed by atoms with Crippen LogP contribution in [0.2, 0.25) is 0 Å². The topological polar surface area (TPSA) is 85.5 Å². The summed E-state index contributed by atoms with van der Waals surface area (Å²) in [5.74, 6) is -0.337. The Morgan fingerprint density at radius 3 is 2.80 bits per heavy atom. The van der Waals surface area contributed by atoms with Crippen LogP contribution in [0.15, 0.2) is 28.8 Å². The van der Waals surface area contributed by atoms with E-state index in [1.165, 1.54) is 29.2 Å². The van der Waals surface area contributed by atoms with Crippen molar-refractivity contribution in [1.29, 1.82) is 0 Å². The fraction of sp³-hybridized carbons (Fsp3) is 0.412. The van der Waals surface area contributed by atoms with Gasteiger partial charge >= 0.3 is 5.97 Å². The number of carbonyl (C=O) groups is 2. The summed E-state index contributed by atoms with van der Waals surface area (Å²) in [6.07, 6.45) is 2.18. The highest BCUT2D eigenvalue weighted by atomic mass is 19.1. The normalized spacial score (nSPS) is 20.1. The third-order valence-electron chi connectivity index (χ3n) is 4.36. The number of nitrogens with zero attached hydrogens (tertiary/aromatic N) is 3. The molecule has 1 amide bonds. The summed E-state index contributed by atoms with van der Waals surface area (Å²) < 4.78 is 23.2. The molecule has 1 aromatic carbocycles. The van der Waals surface area contributed by atoms with E-state index in [2.05, 4.69) is 10.1 Å². The van der Waals surface area contributed by atoms with E-state index in [1.54, 1.807) is 0 Å². The van der Waals surface area contributed by atoms with Gasteiger partial charge in [-0.3, -0.25) is 9.59 Å². The minimum absolute atomic E-state index is 0.0629. The second-order valence-corrected chi connectivity index (χ2v) is 6.31. The molecule has 0 N–H and O–H groups in total. The SMILES string of the molecule is O=C(OCc1nc(C2CC2)no1)C1CC(=O)N(c2ccc(F)cc2)C1. The van der Waals surface area contributed by atoms with E-state index >= 15 is 0 Å². The largest absolute Gasteiger partial charge is 0.455 e. The third-order valence-corrected chi connectivity index (χ3v) is 4.36. The molecule has 1 saturated heterocycles. The fourth-order valence-corrected chi connectivity index (χ4v) is 2.82. The number of amides is 1. The van der Waals surface area contributed by atoms with Gasteiger partial charge < -0.3 is 14.2 Å². The zero-order chi connectivity index (χ0) is 17.4. The standard InChI is InChI=1S/C17H16FN3O4/c18-12-3-5-13(6-4-12)21-8-11(7-15(21)22)17(23)24-9-14-19-16(20-25-14)10-1-2-10/h3-6,10-11H,1-2,7-9H2. The lowest BCUT2D eigenvalue weighted by molar-refractivity contribution is -0.150. The molecule has 0 spiro atoms. The number of rotatable bonds is 5. The number of halogens is 1. The lowest BCUT2D eigenvalue weighted by Crippen LogP contribution is -2.26. The molecule has 130 valence electrons. The van der Waals surface area contributed by atoms with E-state index in [0.717, 1.165) is 12.8 Å². The summed E-state index contributed by atoms with van der Waals surface area (Å²) in [6, 6.07) is 5.58. The number of ether oxygens (including phenoxy) is 1. The highest BCUT2D eigenvalue weighted by molar-refractivity contribution is 5.99. The van der Waals surface area contributed by atoms with Gasteiger partial charge in [0.1, 0.15) is 5.82 Å². The average molecular weight is 345 g/mol. The Labute approximate surface area is 142 Å². The molecule has 1 aromatic heterocycles. The van der Waals surface area contributed by atoms with Gasteiger partial charge in [0.05, 0.1) is 5.92 Å². The molecule has 0 radical (unpaired) electrons. The average Bonchev–Trinajstić information content (AvgIpc) is 3.22. The number of hydrogen-bond donors (Lipinski definition) is 0. The van der Waals surface area contributed by atoms with Crippen LogP contribution in [-0.2, 0) is 20.9 Å². The highest BCUT2D eigenvalue weighted by Crippen LogP contribution is 2.38. The molecular formula is C17H16FN3O4. The molecule has 25 heavy (non-hydrogen) atoms. The number of benzene rings is 1. The highest BCUT2D eigenvalue weighted by Gasteiger charge is 2.36. The molecule has 2 aliphatic rings. The summed E-state index contributed by atoms with van der Waals surface area (Å²) in [5, 5.41) is 3.85. The molecule has 7 nitrogen and oxygen atoms in total. The Bertz CT molecular complexity index is 800. The Balaban J connectivity index is 1.34. The molecule has 1 unspecified atom stereocenters. The zero-order valence-electron chi connectivity index (χ0n) is 13.4. The van der Waals surface area contributed by atoms with Crippen molar-refractivity contribution in [3.05, 3.63) is 41.8 Å². The van der Waals surface area contributed by atoms with Gasteiger partial charge in [-0.25, -0.2) is 4.39 Å². The van der Waals surface area contributed by atoms with Crippen molar-refractivity contribution in [3.63, 3.8) is 0 Å². The van der Waals surface area contributed by atoms with E-state index in [0.29, 0.717) is 17.4 Å². The molecule has 2 aromatic rings. The first-order chi connectivity index (χ1) is 12.1. The van der Waals surface area contributed by atoms with Gasteiger partial charge in [-0.15, -0.1) is 0 Å². The monoisotopic (exact) mass is 345 g/mol. The third kappa shape index (κ3) is 3.38. The van der Waals surface area contributed by atoms with E-state index < -0.39 is 11.9 Å². The second-order valence-electron chi connectivity index (χ2n) is 6.31. The molecule has 4 rings (SSSR count). The second kappa shape index (κ2) is 6.27. The summed E-state index contributed by atoms with van der Waals surface area (Å²) in [5.41, 5.74) is 0.563. The van der Waals surface area contributed by atoms with Gasteiger partial charge in [0.25, 0.3) is 5.89 Å². The molecular weight excluding hydrogens is 329 g/mol. The van der Waals surface area contributed by atoms with Gasteiger partial charge in [0.15, 0.2) is 12.4 Å². The van der Waals surface area contributed by atoms with Crippen LogP contribution in [0.25, 0.3) is 0 Å². The maximum atomic E-state index is 13.0. The molecule has 0 bridgehead atoms. The van der Waals surface area contributed by atoms with Crippen LogP contribution in [0, 0.1) is 11.7 Å². The minimum Gasteiger partial charge on any atom is -0.455 e. The lowest BCUT2D eigenvalue weighted by Gasteiger charge is -2.16. The molecule has 1 saturated carbocycles. The molecule has 1 aliphatic heterocycles. The number of esters is 1. The first kappa shape index (κ1) is 15.7. The summed E-state index contributed by atoms with van der Waals surface area (Å²) in [7, 11) is 0. The van der Waals surface area contributed by atoms with Gasteiger partial charge in [-0.1, -0.05) is 5.16 Å². The molecule has 8 heteroatoms. The van der Waals surface area contributed by atoms with Crippen LogP contribution >= 0.6 is 0 Å². The van der Waals surface area contributed by atoms with Crippen molar-refractivity contribution >= 4 is 17.6 Å². The fourth-order valence-electron chi connectivity index (χ4n) is 2.82. The Morgan fingerprint density at radius 2 is 2.08 bits per heavy atom. The maximum Gasteiger partial charge on any atom is 0.311 e. The van der Waals surface area contributed by atoms with Crippen molar-refractivity contribution in [2.45, 2.75) is 31.8 Å². The van der Waals surface area contributed by atoms with Gasteiger partial charge in [-0.05, 0) is 37.1 Å². The van der Waals surface area contributed by atoms with E-state index in [4.69, 9.17) is 9.26 Å². The number of anilines is 1. The van der Waals surface area contributed by atoms with Crippen LogP contribution in [0.1, 0.15) is 36.9 Å². The van der Waals surface area contributed by atoms with Gasteiger partial charge in [0.2, 0.25) is 5.91 Å². The van der Waals surface area contributed by atoms with Crippen molar-refractivity contribution in [2.75, 3.05) is 11.4 Å². The quantitative estimate of drug-likeness (QED) is 0.772. The summed E-state index contributed by atoms with van der Waals surface area (Å²) in [4.78, 5) is 30.0. The van der Waals surface area contributed by atoms with Crippen LogP contribution < -0.4 is 4.90 Å². The van der Waals surface area contributed by atoms with Crippen molar-refractivity contribution in [2.24, 2.45) is 5.92 Å². The first-order valence-corrected chi connectivity index (χ1v) is 8.15. The zero-order valence-corrected chi connectivity index (χ0v) is 13.4. The van der Waals surface area contributed by atoms with Crippen molar-refractivity contribution < 1.29 is 23.2 Å². The van der Waals surface area contributed by atoms with Gasteiger partial charge in [-0.2, -0.15) is 4.98 Å². The summed E-state index contributed by atoms with van der Waals surface area (Å²) >= 11 is 0. The van der Waals surface area contributed by atoms with E-state index in [-0.39, 0.29) is 37.2 Å². The Hall–Kier alpha value is -2.77. The van der Waals surface area contributed by atoms with Crippen LogP contribution in [0.3, 0.4) is 0 Å². The molecule has 2 heterocycles. The minimum atomic E-state index is -0.566. The smallest absolute Gasteiger partial charge is 0.311 e. The van der Waals surface area contributed by atoms with Crippen molar-refractivity contribution in [3.8, 4) is 0 Å². The maximum absolute atomic E-state index is 13.0. The number of carbonyl (C=O) groups excluding carboxylic acids is 2. The van der Waals surface area contributed by atoms with E-state index in [9.17, 15) is 14.0 Å². The molecule has 1 atom stereocenters. The predicted molar refractivity (Wildman–Crippen MR) is 82.9 cm³/mol. The summed E-state index contributed by atoms with van der Waals surface area (Å²) in [6.45, 7) is 0.111. The number of aromatic nitrogens is 2. The van der Waals surface area contributed by atoms with Crippen LogP contribution in [-0.4, -0.2) is 28.6 Å². The predicted octanol–water partition coefficient (Wildman–Crippen LogP) is 2.18. The van der Waals surface area contributed by atoms with Crippen molar-refractivity contribution in [1.82, 2.24) is 10.1 Å². The van der Waals surface area contributed by atoms with Gasteiger partial charge in [0, 0.05) is 24.6 Å². The molecule has 1 aliphatic carbocycles. The first-order valence-electron chi connectivity index (χ1n) is 8.15. The molecule has 2 fully saturated rings. The van der Waals surface area contributed by atoms with Crippen LogP contribution in [0.5, 0.6) is 0 Å².